The average Bonchev–Trinajstić information content (AvgIpc) is 2.89. The van der Waals surface area contributed by atoms with Gasteiger partial charge in [0.05, 0.1) is 18.2 Å². The molecule has 1 aliphatic rings. The van der Waals surface area contributed by atoms with Gasteiger partial charge in [0.15, 0.2) is 0 Å². The lowest BCUT2D eigenvalue weighted by molar-refractivity contribution is -0.125. The van der Waals surface area contributed by atoms with Gasteiger partial charge in [-0.1, -0.05) is 19.4 Å². The van der Waals surface area contributed by atoms with Crippen LogP contribution in [0.2, 0.25) is 0 Å². The molecule has 1 saturated heterocycles. The Labute approximate surface area is 120 Å². The van der Waals surface area contributed by atoms with E-state index in [1.54, 1.807) is 7.11 Å². The van der Waals surface area contributed by atoms with E-state index in [-0.39, 0.29) is 11.3 Å². The summed E-state index contributed by atoms with van der Waals surface area (Å²) in [6, 6.07) is 5.83. The number of rotatable bonds is 5. The monoisotopic (exact) mass is 276 g/mol. The quantitative estimate of drug-likeness (QED) is 0.869. The minimum absolute atomic E-state index is 0.105. The maximum absolute atomic E-state index is 12.7. The third-order valence-electron chi connectivity index (χ3n) is 4.06. The van der Waals surface area contributed by atoms with Gasteiger partial charge in [-0.05, 0) is 44.0 Å². The maximum Gasteiger partial charge on any atom is 0.232 e. The second-order valence-corrected chi connectivity index (χ2v) is 5.61. The van der Waals surface area contributed by atoms with Crippen LogP contribution in [0.5, 0.6) is 5.75 Å². The summed E-state index contributed by atoms with van der Waals surface area (Å²) in [6.07, 6.45) is 2.83. The van der Waals surface area contributed by atoms with Crippen molar-refractivity contribution in [3.05, 3.63) is 23.8 Å². The number of carbonyl (C=O) groups excluding carboxylic acids is 1. The van der Waals surface area contributed by atoms with E-state index in [0.717, 1.165) is 43.6 Å². The number of aryl methyl sites for hydroxylation is 1. The zero-order valence-corrected chi connectivity index (χ0v) is 12.6. The number of hydrogen-bond donors (Lipinski definition) is 2. The van der Waals surface area contributed by atoms with Crippen molar-refractivity contribution in [2.45, 2.75) is 33.1 Å². The third-order valence-corrected chi connectivity index (χ3v) is 4.06. The van der Waals surface area contributed by atoms with Gasteiger partial charge in [0, 0.05) is 6.54 Å². The van der Waals surface area contributed by atoms with Crippen molar-refractivity contribution in [2.75, 3.05) is 25.5 Å². The van der Waals surface area contributed by atoms with E-state index < -0.39 is 0 Å². The molecular formula is C16H24N2O2. The first-order chi connectivity index (χ1) is 9.61. The van der Waals surface area contributed by atoms with Gasteiger partial charge < -0.3 is 15.4 Å². The summed E-state index contributed by atoms with van der Waals surface area (Å²) in [6.45, 7) is 5.81. The molecule has 1 aromatic rings. The zero-order valence-electron chi connectivity index (χ0n) is 12.6. The molecule has 1 heterocycles. The molecule has 0 spiro atoms. The van der Waals surface area contributed by atoms with Crippen LogP contribution in [0.3, 0.4) is 0 Å². The highest BCUT2D eigenvalue weighted by molar-refractivity contribution is 5.97. The minimum atomic E-state index is -0.274. The van der Waals surface area contributed by atoms with Crippen LogP contribution in [-0.4, -0.2) is 26.1 Å². The molecule has 1 amide bonds. The summed E-state index contributed by atoms with van der Waals surface area (Å²) in [7, 11) is 1.62. The molecule has 2 rings (SSSR count). The lowest BCUT2D eigenvalue weighted by atomic mass is 9.81. The van der Waals surface area contributed by atoms with E-state index in [4.69, 9.17) is 4.74 Å². The van der Waals surface area contributed by atoms with Gasteiger partial charge in [0.25, 0.3) is 0 Å². The minimum Gasteiger partial charge on any atom is -0.495 e. The van der Waals surface area contributed by atoms with Crippen molar-refractivity contribution in [1.82, 2.24) is 5.32 Å². The van der Waals surface area contributed by atoms with E-state index in [2.05, 4.69) is 17.6 Å². The van der Waals surface area contributed by atoms with Crippen LogP contribution in [0.25, 0.3) is 0 Å². The van der Waals surface area contributed by atoms with E-state index in [1.165, 1.54) is 0 Å². The Balaban J connectivity index is 2.20. The van der Waals surface area contributed by atoms with Crippen molar-refractivity contribution in [2.24, 2.45) is 5.41 Å². The lowest BCUT2D eigenvalue weighted by Crippen LogP contribution is -2.38. The van der Waals surface area contributed by atoms with Crippen LogP contribution in [-0.2, 0) is 4.79 Å². The molecule has 1 fully saturated rings. The number of nitrogens with one attached hydrogen (secondary N) is 2. The Morgan fingerprint density at radius 2 is 2.30 bits per heavy atom. The van der Waals surface area contributed by atoms with E-state index in [0.29, 0.717) is 5.75 Å². The summed E-state index contributed by atoms with van der Waals surface area (Å²) in [5, 5.41) is 6.38. The molecule has 0 radical (unpaired) electrons. The van der Waals surface area contributed by atoms with Crippen molar-refractivity contribution in [1.29, 1.82) is 0 Å². The molecule has 1 aliphatic heterocycles. The van der Waals surface area contributed by atoms with Gasteiger partial charge in [0.1, 0.15) is 5.75 Å². The molecule has 2 N–H and O–H groups in total. The molecule has 110 valence electrons. The van der Waals surface area contributed by atoms with Crippen LogP contribution in [0.15, 0.2) is 18.2 Å². The smallest absolute Gasteiger partial charge is 0.232 e. The summed E-state index contributed by atoms with van der Waals surface area (Å²) in [4.78, 5) is 12.7. The summed E-state index contributed by atoms with van der Waals surface area (Å²) in [5.41, 5.74) is 1.60. The Morgan fingerprint density at radius 3 is 2.90 bits per heavy atom. The zero-order chi connectivity index (χ0) is 14.6. The highest BCUT2D eigenvalue weighted by Gasteiger charge is 2.40. The largest absolute Gasteiger partial charge is 0.495 e. The van der Waals surface area contributed by atoms with Crippen LogP contribution >= 0.6 is 0 Å². The number of hydrogen-bond acceptors (Lipinski definition) is 3. The maximum atomic E-state index is 12.7. The van der Waals surface area contributed by atoms with Gasteiger partial charge in [-0.25, -0.2) is 0 Å². The molecular weight excluding hydrogens is 252 g/mol. The SMILES string of the molecule is CCCC1(C(=O)Nc2cc(C)ccc2OC)CCNC1. The van der Waals surface area contributed by atoms with Gasteiger partial charge in [-0.3, -0.25) is 4.79 Å². The number of amides is 1. The predicted octanol–water partition coefficient (Wildman–Crippen LogP) is 2.72. The number of benzene rings is 1. The topological polar surface area (TPSA) is 50.4 Å². The fraction of sp³-hybridized carbons (Fsp3) is 0.562. The number of carbonyl (C=O) groups is 1. The van der Waals surface area contributed by atoms with Gasteiger partial charge in [-0.2, -0.15) is 0 Å². The van der Waals surface area contributed by atoms with Crippen LogP contribution in [0.4, 0.5) is 5.69 Å². The molecule has 1 aromatic carbocycles. The Kier molecular flexibility index (Phi) is 4.65. The summed E-state index contributed by atoms with van der Waals surface area (Å²) in [5.74, 6) is 0.815. The van der Waals surface area contributed by atoms with Crippen molar-refractivity contribution < 1.29 is 9.53 Å². The number of ether oxygens (including phenoxy) is 1. The van der Waals surface area contributed by atoms with Crippen molar-refractivity contribution in [3.8, 4) is 5.75 Å². The number of anilines is 1. The van der Waals surface area contributed by atoms with Crippen LogP contribution < -0.4 is 15.4 Å². The Morgan fingerprint density at radius 1 is 1.50 bits per heavy atom. The molecule has 0 aromatic heterocycles. The first kappa shape index (κ1) is 14.9. The van der Waals surface area contributed by atoms with Gasteiger partial charge in [0.2, 0.25) is 5.91 Å². The summed E-state index contributed by atoms with van der Waals surface area (Å²) < 4.78 is 5.33. The molecule has 20 heavy (non-hydrogen) atoms. The van der Waals surface area contributed by atoms with Gasteiger partial charge in [-0.15, -0.1) is 0 Å². The lowest BCUT2D eigenvalue weighted by Gasteiger charge is -2.27. The fourth-order valence-electron chi connectivity index (χ4n) is 2.92. The molecule has 1 atom stereocenters. The fourth-order valence-corrected chi connectivity index (χ4v) is 2.92. The van der Waals surface area contributed by atoms with Crippen LogP contribution in [0, 0.1) is 12.3 Å². The molecule has 0 aliphatic carbocycles. The average molecular weight is 276 g/mol. The van der Waals surface area contributed by atoms with Gasteiger partial charge >= 0.3 is 0 Å². The highest BCUT2D eigenvalue weighted by Crippen LogP contribution is 2.34. The normalized spacial score (nSPS) is 21.8. The number of methoxy groups -OCH3 is 1. The Hall–Kier alpha value is -1.55. The van der Waals surface area contributed by atoms with Crippen molar-refractivity contribution >= 4 is 11.6 Å². The molecule has 1 unspecified atom stereocenters. The molecule has 4 heteroatoms. The standard InChI is InChI=1S/C16H24N2O2/c1-4-7-16(8-9-17-11-16)15(19)18-13-10-12(2)5-6-14(13)20-3/h5-6,10,17H,4,7-9,11H2,1-3H3,(H,18,19). The molecule has 4 nitrogen and oxygen atoms in total. The first-order valence-electron chi connectivity index (χ1n) is 7.28. The summed E-state index contributed by atoms with van der Waals surface area (Å²) >= 11 is 0. The predicted molar refractivity (Wildman–Crippen MR) is 81.2 cm³/mol. The van der Waals surface area contributed by atoms with E-state index in [9.17, 15) is 4.79 Å². The Bertz CT molecular complexity index is 479. The van der Waals surface area contributed by atoms with E-state index in [1.807, 2.05) is 25.1 Å². The van der Waals surface area contributed by atoms with E-state index >= 15 is 0 Å². The van der Waals surface area contributed by atoms with Crippen molar-refractivity contribution in [3.63, 3.8) is 0 Å². The first-order valence-corrected chi connectivity index (χ1v) is 7.28. The second kappa shape index (κ2) is 6.27. The second-order valence-electron chi connectivity index (χ2n) is 5.61. The third kappa shape index (κ3) is 2.96. The highest BCUT2D eigenvalue weighted by atomic mass is 16.5. The molecule has 0 bridgehead atoms. The molecule has 0 saturated carbocycles. The van der Waals surface area contributed by atoms with Crippen LogP contribution in [0.1, 0.15) is 31.7 Å².